The van der Waals surface area contributed by atoms with Crippen LogP contribution < -0.4 is 5.32 Å². The summed E-state index contributed by atoms with van der Waals surface area (Å²) >= 11 is 0. The number of amides is 1. The molecule has 3 aromatic rings. The van der Waals surface area contributed by atoms with Crippen molar-refractivity contribution in [3.8, 4) is 5.69 Å². The fraction of sp³-hybridized carbons (Fsp3) is 0.316. The van der Waals surface area contributed by atoms with Crippen LogP contribution in [0.25, 0.3) is 16.6 Å². The lowest BCUT2D eigenvalue weighted by Gasteiger charge is -2.15. The molecule has 1 unspecified atom stereocenters. The van der Waals surface area contributed by atoms with Crippen LogP contribution >= 0.6 is 0 Å². The number of carboxylic acid groups (broad SMARTS) is 1. The van der Waals surface area contributed by atoms with Gasteiger partial charge in [-0.05, 0) is 43.5 Å². The highest BCUT2D eigenvalue weighted by Gasteiger charge is 2.25. The van der Waals surface area contributed by atoms with Gasteiger partial charge in [-0.25, -0.2) is 9.48 Å². The first kappa shape index (κ1) is 18.5. The number of hydrogen-bond acceptors (Lipinski definition) is 5. The molecule has 0 aliphatic rings. The fourth-order valence-electron chi connectivity index (χ4n) is 2.96. The summed E-state index contributed by atoms with van der Waals surface area (Å²) in [6.45, 7) is 5.53. The third-order valence-corrected chi connectivity index (χ3v) is 4.27. The Morgan fingerprint density at radius 1 is 1.22 bits per heavy atom. The van der Waals surface area contributed by atoms with E-state index in [4.69, 9.17) is 0 Å². The van der Waals surface area contributed by atoms with Crippen molar-refractivity contribution in [1.82, 2.24) is 25.3 Å². The summed E-state index contributed by atoms with van der Waals surface area (Å²) in [5.41, 5.74) is 2.18. The molecule has 0 aliphatic carbocycles. The van der Waals surface area contributed by atoms with Crippen molar-refractivity contribution in [2.75, 3.05) is 0 Å². The molecule has 1 amide bonds. The highest BCUT2D eigenvalue weighted by atomic mass is 16.4. The predicted octanol–water partition coefficient (Wildman–Crippen LogP) is 2.35. The van der Waals surface area contributed by atoms with Crippen LogP contribution in [0.4, 0.5) is 0 Å². The number of carbonyl (C=O) groups excluding carboxylic acids is 1. The SMILES string of the molecule is Cc1c(C(=O)NC(CC(C)C)C(=O)O)nnn1-c1cccc2ncccc12. The second kappa shape index (κ2) is 7.53. The molecule has 0 saturated carbocycles. The van der Waals surface area contributed by atoms with Crippen LogP contribution in [0.2, 0.25) is 0 Å². The van der Waals surface area contributed by atoms with Crippen molar-refractivity contribution in [3.63, 3.8) is 0 Å². The molecule has 2 aromatic heterocycles. The van der Waals surface area contributed by atoms with E-state index in [0.29, 0.717) is 12.1 Å². The third kappa shape index (κ3) is 3.79. The van der Waals surface area contributed by atoms with Crippen LogP contribution in [-0.4, -0.2) is 43.0 Å². The van der Waals surface area contributed by atoms with Crippen LogP contribution in [0, 0.1) is 12.8 Å². The minimum atomic E-state index is -1.07. The summed E-state index contributed by atoms with van der Waals surface area (Å²) in [5.74, 6) is -1.49. The Bertz CT molecular complexity index is 991. The summed E-state index contributed by atoms with van der Waals surface area (Å²) in [6, 6.07) is 8.39. The van der Waals surface area contributed by atoms with Gasteiger partial charge >= 0.3 is 5.97 Å². The summed E-state index contributed by atoms with van der Waals surface area (Å²) in [5, 5.41) is 20.8. The molecule has 0 saturated heterocycles. The van der Waals surface area contributed by atoms with Gasteiger partial charge in [-0.1, -0.05) is 25.1 Å². The van der Waals surface area contributed by atoms with E-state index in [1.807, 2.05) is 44.2 Å². The second-order valence-corrected chi connectivity index (χ2v) is 6.78. The summed E-state index contributed by atoms with van der Waals surface area (Å²) in [4.78, 5) is 28.3. The Morgan fingerprint density at radius 3 is 2.70 bits per heavy atom. The van der Waals surface area contributed by atoms with E-state index in [2.05, 4.69) is 20.6 Å². The standard InChI is InChI=1S/C19H21N5O3/c1-11(2)10-15(19(26)27)21-18(25)17-12(3)24(23-22-17)16-8-4-7-14-13(16)6-5-9-20-14/h4-9,11,15H,10H2,1-3H3,(H,21,25)(H,26,27). The van der Waals surface area contributed by atoms with Crippen LogP contribution in [0.1, 0.15) is 36.5 Å². The number of benzene rings is 1. The number of nitrogens with one attached hydrogen (secondary N) is 1. The number of aliphatic carboxylic acids is 1. The van der Waals surface area contributed by atoms with Crippen LogP contribution in [0.3, 0.4) is 0 Å². The zero-order valence-electron chi connectivity index (χ0n) is 15.4. The molecular weight excluding hydrogens is 346 g/mol. The van der Waals surface area contributed by atoms with E-state index in [1.165, 1.54) is 0 Å². The minimum Gasteiger partial charge on any atom is -0.480 e. The molecule has 0 bridgehead atoms. The van der Waals surface area contributed by atoms with Crippen molar-refractivity contribution in [1.29, 1.82) is 0 Å². The number of hydrogen-bond donors (Lipinski definition) is 2. The highest BCUT2D eigenvalue weighted by Crippen LogP contribution is 2.22. The van der Waals surface area contributed by atoms with Gasteiger partial charge < -0.3 is 10.4 Å². The van der Waals surface area contributed by atoms with Crippen LogP contribution in [0.5, 0.6) is 0 Å². The van der Waals surface area contributed by atoms with Gasteiger partial charge in [0.2, 0.25) is 0 Å². The largest absolute Gasteiger partial charge is 0.480 e. The number of fused-ring (bicyclic) bond motifs is 1. The minimum absolute atomic E-state index is 0.103. The van der Waals surface area contributed by atoms with Gasteiger partial charge in [0.15, 0.2) is 5.69 Å². The van der Waals surface area contributed by atoms with Crippen molar-refractivity contribution < 1.29 is 14.7 Å². The molecule has 0 fully saturated rings. The normalized spacial score (nSPS) is 12.3. The van der Waals surface area contributed by atoms with Gasteiger partial charge in [0.25, 0.3) is 5.91 Å². The molecule has 0 spiro atoms. The van der Waals surface area contributed by atoms with Crippen molar-refractivity contribution in [3.05, 3.63) is 47.9 Å². The summed E-state index contributed by atoms with van der Waals surface area (Å²) in [7, 11) is 0. The number of carbonyl (C=O) groups is 2. The van der Waals surface area contributed by atoms with Gasteiger partial charge in [0, 0.05) is 11.6 Å². The number of carboxylic acids is 1. The Kier molecular flexibility index (Phi) is 5.16. The Hall–Kier alpha value is -3.29. The topological polar surface area (TPSA) is 110 Å². The van der Waals surface area contributed by atoms with E-state index in [-0.39, 0.29) is 11.6 Å². The molecule has 1 aromatic carbocycles. The third-order valence-electron chi connectivity index (χ3n) is 4.27. The molecule has 1 atom stereocenters. The number of aromatic nitrogens is 4. The Balaban J connectivity index is 1.93. The van der Waals surface area contributed by atoms with Gasteiger partial charge in [0.1, 0.15) is 6.04 Å². The average molecular weight is 367 g/mol. The molecule has 0 aliphatic heterocycles. The smallest absolute Gasteiger partial charge is 0.326 e. The maximum absolute atomic E-state index is 12.6. The quantitative estimate of drug-likeness (QED) is 0.692. The highest BCUT2D eigenvalue weighted by molar-refractivity contribution is 5.96. The van der Waals surface area contributed by atoms with Crippen LogP contribution in [0.15, 0.2) is 36.5 Å². The van der Waals surface area contributed by atoms with E-state index in [1.54, 1.807) is 17.8 Å². The predicted molar refractivity (Wildman–Crippen MR) is 99.7 cm³/mol. The molecule has 2 heterocycles. The molecular formula is C19H21N5O3. The molecule has 0 radical (unpaired) electrons. The monoisotopic (exact) mass is 367 g/mol. The maximum Gasteiger partial charge on any atom is 0.326 e. The Labute approximate surface area is 156 Å². The molecule has 8 heteroatoms. The maximum atomic E-state index is 12.6. The van der Waals surface area contributed by atoms with Gasteiger partial charge in [-0.2, -0.15) is 0 Å². The first-order valence-electron chi connectivity index (χ1n) is 8.68. The first-order valence-corrected chi connectivity index (χ1v) is 8.68. The second-order valence-electron chi connectivity index (χ2n) is 6.78. The number of rotatable bonds is 6. The number of pyridine rings is 1. The van der Waals surface area contributed by atoms with Gasteiger partial charge in [-0.15, -0.1) is 5.10 Å². The van der Waals surface area contributed by atoms with Crippen molar-refractivity contribution >= 4 is 22.8 Å². The van der Waals surface area contributed by atoms with E-state index >= 15 is 0 Å². The molecule has 27 heavy (non-hydrogen) atoms. The Morgan fingerprint density at radius 2 is 2.00 bits per heavy atom. The zero-order valence-corrected chi connectivity index (χ0v) is 15.4. The summed E-state index contributed by atoms with van der Waals surface area (Å²) in [6.07, 6.45) is 2.04. The lowest BCUT2D eigenvalue weighted by Crippen LogP contribution is -2.42. The fourth-order valence-corrected chi connectivity index (χ4v) is 2.96. The molecule has 8 nitrogen and oxygen atoms in total. The summed E-state index contributed by atoms with van der Waals surface area (Å²) < 4.78 is 1.57. The number of nitrogens with zero attached hydrogens (tertiary/aromatic N) is 4. The van der Waals surface area contributed by atoms with E-state index in [9.17, 15) is 14.7 Å². The van der Waals surface area contributed by atoms with Crippen molar-refractivity contribution in [2.24, 2.45) is 5.92 Å². The van der Waals surface area contributed by atoms with Crippen LogP contribution in [-0.2, 0) is 4.79 Å². The molecule has 3 rings (SSSR count). The van der Waals surface area contributed by atoms with Crippen molar-refractivity contribution in [2.45, 2.75) is 33.2 Å². The van der Waals surface area contributed by atoms with E-state index in [0.717, 1.165) is 16.6 Å². The van der Waals surface area contributed by atoms with E-state index < -0.39 is 17.9 Å². The average Bonchev–Trinajstić information content (AvgIpc) is 3.01. The lowest BCUT2D eigenvalue weighted by atomic mass is 10.0. The van der Waals surface area contributed by atoms with Gasteiger partial charge in [-0.3, -0.25) is 9.78 Å². The van der Waals surface area contributed by atoms with Gasteiger partial charge in [0.05, 0.1) is 16.9 Å². The lowest BCUT2D eigenvalue weighted by molar-refractivity contribution is -0.139. The molecule has 140 valence electrons. The molecule has 2 N–H and O–H groups in total. The zero-order chi connectivity index (χ0) is 19.6. The first-order chi connectivity index (χ1) is 12.9.